The van der Waals surface area contributed by atoms with Gasteiger partial charge in [0.25, 0.3) is 0 Å². The highest BCUT2D eigenvalue weighted by atomic mass is 16.7. The molecule has 1 saturated heterocycles. The third kappa shape index (κ3) is 11.3. The van der Waals surface area contributed by atoms with E-state index in [4.69, 9.17) is 36.1 Å². The average Bonchev–Trinajstić information content (AvgIpc) is 0.761. The van der Waals surface area contributed by atoms with Gasteiger partial charge in [-0.2, -0.15) is 0 Å². The van der Waals surface area contributed by atoms with Crippen molar-refractivity contribution in [3.63, 3.8) is 0 Å². The van der Waals surface area contributed by atoms with E-state index in [-0.39, 0.29) is 112 Å². The standard InChI is InChI=1S/C66H77N5O15/c1-33(74)84-50-28-41(31-72)51-52-45(50)19-13-34-7-5-8-35(23-34)25-43(75)18-17-42(67)11-6-12-46-53(58(52)78)54(57(51)77)56(76)47(60(46)86-63-62(83-22-21-71-64(68)69)66(81,82)61(79)59(85-63)37-9-3-4-10-37)26-38-16-20-44-39-14-15-40-24-36(30-70-2)29-65(80,49(40)27-39)55(44)48(38)32-73/h5,7-8,13,16,19-20,23,28,32,36-37,39-40,42-43,49,59,61-63,70,72,75-76,79-82H,3-4,9-10,12,14-15,17-18,21-22,24-27,29-31,67H2,1-2H3,(H4,68,69,71). The summed E-state index contributed by atoms with van der Waals surface area (Å²) in [5, 5.41) is 88.6. The lowest BCUT2D eigenvalue weighted by Crippen LogP contribution is -2.69. The molecule has 1 aliphatic heterocycles. The fraction of sp³-hybridized carbons (Fsp3) is 0.500. The van der Waals surface area contributed by atoms with E-state index in [2.05, 4.69) is 22.2 Å². The summed E-state index contributed by atoms with van der Waals surface area (Å²) in [4.78, 5) is 63.2. The Kier molecular flexibility index (Phi) is 17.5. The Morgan fingerprint density at radius 1 is 0.930 bits per heavy atom. The van der Waals surface area contributed by atoms with E-state index in [1.807, 2.05) is 25.2 Å². The molecule has 4 fully saturated rings. The van der Waals surface area contributed by atoms with Gasteiger partial charge in [-0.05, 0) is 153 Å². The smallest absolute Gasteiger partial charge is 0.308 e. The first-order valence-electron chi connectivity index (χ1n) is 30.0. The molecule has 0 amide bonds. The molecule has 86 heavy (non-hydrogen) atoms. The van der Waals surface area contributed by atoms with Crippen LogP contribution in [-0.4, -0.2) is 135 Å². The number of rotatable bonds is 14. The number of aliphatic hydroxyl groups is 6. The van der Waals surface area contributed by atoms with E-state index in [1.165, 1.54) is 12.1 Å². The second kappa shape index (κ2) is 24.7. The van der Waals surface area contributed by atoms with Gasteiger partial charge in [-0.3, -0.25) is 24.2 Å². The third-order valence-electron chi connectivity index (χ3n) is 19.1. The maximum absolute atomic E-state index is 16.3. The third-order valence-corrected chi connectivity index (χ3v) is 19.1. The van der Waals surface area contributed by atoms with Crippen molar-refractivity contribution in [3.8, 4) is 29.1 Å². The zero-order valence-electron chi connectivity index (χ0n) is 48.4. The Bertz CT molecular complexity index is 3470. The van der Waals surface area contributed by atoms with E-state index in [0.29, 0.717) is 48.8 Å². The summed E-state index contributed by atoms with van der Waals surface area (Å²) < 4.78 is 25.6. The number of hydrogen-bond donors (Lipinski definition) is 11. The lowest BCUT2D eigenvalue weighted by molar-refractivity contribution is -0.386. The lowest BCUT2D eigenvalue weighted by Gasteiger charge is -2.56. The van der Waals surface area contributed by atoms with Crippen LogP contribution in [0.4, 0.5) is 0 Å². The summed E-state index contributed by atoms with van der Waals surface area (Å²) in [5.41, 5.74) is 17.8. The maximum Gasteiger partial charge on any atom is 0.308 e. The molecule has 4 aromatic carbocycles. The second-order valence-corrected chi connectivity index (χ2v) is 24.6. The molecular formula is C66H77N5O15. The maximum atomic E-state index is 16.3. The van der Waals surface area contributed by atoms with Crippen LogP contribution in [-0.2, 0) is 45.7 Å². The van der Waals surface area contributed by atoms with Crippen molar-refractivity contribution in [1.82, 2.24) is 5.32 Å². The number of aldehydes is 1. The first-order valence-corrected chi connectivity index (χ1v) is 30.0. The molecule has 6 aliphatic carbocycles. The summed E-state index contributed by atoms with van der Waals surface area (Å²) in [6.07, 6.45) is 2.23. The van der Waals surface area contributed by atoms with E-state index in [9.17, 15) is 45.3 Å². The molecule has 0 radical (unpaired) electrons. The number of fused-ring (bicyclic) bond motifs is 6. The number of nitrogens with zero attached hydrogens (tertiary/aromatic N) is 1. The van der Waals surface area contributed by atoms with Crippen molar-refractivity contribution in [1.29, 1.82) is 0 Å². The van der Waals surface area contributed by atoms with Crippen molar-refractivity contribution < 1.29 is 73.9 Å². The topological polar surface area (TPSA) is 349 Å². The summed E-state index contributed by atoms with van der Waals surface area (Å²) in [6.45, 7) is 0.419. The minimum absolute atomic E-state index is 0.0362. The minimum Gasteiger partial charge on any atom is -0.507 e. The van der Waals surface area contributed by atoms with E-state index < -0.39 is 108 Å². The van der Waals surface area contributed by atoms with Crippen LogP contribution in [0.1, 0.15) is 176 Å². The molecule has 0 aromatic heterocycles. The van der Waals surface area contributed by atoms with Gasteiger partial charge >= 0.3 is 5.97 Å². The van der Waals surface area contributed by atoms with Crippen LogP contribution in [0.3, 0.4) is 0 Å². The average molecular weight is 1180 g/mol. The van der Waals surface area contributed by atoms with E-state index >= 15 is 9.59 Å². The monoisotopic (exact) mass is 1180 g/mol. The van der Waals surface area contributed by atoms with E-state index in [1.54, 1.807) is 24.3 Å². The second-order valence-electron chi connectivity index (χ2n) is 24.6. The van der Waals surface area contributed by atoms with Gasteiger partial charge in [-0.1, -0.05) is 67.2 Å². The number of aliphatic imine (C=N–C) groups is 1. The molecule has 4 aromatic rings. The number of phenolic OH excluding ortho intramolecular Hbond substituents is 1. The molecule has 11 atom stereocenters. The number of aliphatic hydroxyl groups excluding tert-OH is 3. The Morgan fingerprint density at radius 3 is 2.44 bits per heavy atom. The first kappa shape index (κ1) is 60.8. The van der Waals surface area contributed by atoms with Gasteiger partial charge in [0.1, 0.15) is 23.4 Å². The zero-order chi connectivity index (χ0) is 60.9. The van der Waals surface area contributed by atoms with Gasteiger partial charge < -0.3 is 77.2 Å². The molecule has 456 valence electrons. The summed E-state index contributed by atoms with van der Waals surface area (Å²) in [5.74, 6) is -1.35. The van der Waals surface area contributed by atoms with Gasteiger partial charge in [0, 0.05) is 58.7 Å². The molecule has 0 spiro atoms. The number of benzene rings is 4. The van der Waals surface area contributed by atoms with Gasteiger partial charge in [0.2, 0.25) is 12.1 Å². The first-order chi connectivity index (χ1) is 41.2. The predicted molar refractivity (Wildman–Crippen MR) is 316 cm³/mol. The molecule has 1 heterocycles. The highest BCUT2D eigenvalue weighted by Crippen LogP contribution is 2.61. The number of phenols is 1. The Balaban J connectivity index is 1.18. The summed E-state index contributed by atoms with van der Waals surface area (Å²) in [6, 6.07) is 11.4. The molecule has 6 bridgehead atoms. The van der Waals surface area contributed by atoms with Gasteiger partial charge in [0.05, 0.1) is 49.2 Å². The largest absolute Gasteiger partial charge is 0.507 e. The Hall–Kier alpha value is -6.87. The van der Waals surface area contributed by atoms with Crippen LogP contribution in [0.5, 0.6) is 17.2 Å². The SMILES string of the molecule is CNCC1CC2CCC3CC2C(O)(C1)c1c3ccc(Cc2c(O)c3c4c(c2OC2OC(C5CCCC5)C(O)C(O)(O)C2OCCN=C(N)N)CC#CC(N)CCC(O)Cc2cccc(c2)C=Cc2c(OC(C)=O)cc(CO)c(c2C4=O)C3=O)c1C=O. The zero-order valence-corrected chi connectivity index (χ0v) is 48.4. The number of nitrogens with one attached hydrogen (secondary N) is 1. The molecule has 11 rings (SSSR count). The van der Waals surface area contributed by atoms with Crippen molar-refractivity contribution >= 4 is 41.9 Å². The predicted octanol–water partition coefficient (Wildman–Crippen LogP) is 4.05. The number of hydrogen-bond acceptors (Lipinski definition) is 18. The number of nitrogens with two attached hydrogens (primary N) is 3. The molecule has 7 aliphatic rings. The normalized spacial score (nSPS) is 28.3. The highest BCUT2D eigenvalue weighted by Gasteiger charge is 2.60. The number of aromatic hydroxyl groups is 1. The minimum atomic E-state index is -3.11. The van der Waals surface area contributed by atoms with Crippen molar-refractivity contribution in [2.75, 3.05) is 26.7 Å². The molecule has 11 unspecified atom stereocenters. The summed E-state index contributed by atoms with van der Waals surface area (Å²) >= 11 is 0. The Labute approximate surface area is 498 Å². The van der Waals surface area contributed by atoms with Crippen LogP contribution in [0, 0.1) is 35.5 Å². The Morgan fingerprint density at radius 2 is 1.71 bits per heavy atom. The number of guanidine groups is 1. The summed E-state index contributed by atoms with van der Waals surface area (Å²) in [7, 11) is 1.87. The number of ether oxygens (including phenoxy) is 4. The number of carbonyl (C=O) groups is 4. The quantitative estimate of drug-likeness (QED) is 0.0109. The van der Waals surface area contributed by atoms with Gasteiger partial charge in [-0.25, -0.2) is 0 Å². The lowest BCUT2D eigenvalue weighted by atomic mass is 9.51. The number of esters is 1. The fourth-order valence-electron chi connectivity index (χ4n) is 15.4. The van der Waals surface area contributed by atoms with Crippen molar-refractivity contribution in [2.24, 2.45) is 45.9 Å². The van der Waals surface area contributed by atoms with Crippen molar-refractivity contribution in [3.05, 3.63) is 120 Å². The van der Waals surface area contributed by atoms with Gasteiger partial charge in [-0.15, -0.1) is 0 Å². The molecule has 14 N–H and O–H groups in total. The molecular weight excluding hydrogens is 1100 g/mol. The van der Waals surface area contributed by atoms with Crippen LogP contribution in [0.25, 0.3) is 12.2 Å². The van der Waals surface area contributed by atoms with Gasteiger partial charge in [0.15, 0.2) is 29.9 Å². The van der Waals surface area contributed by atoms with Crippen LogP contribution >= 0.6 is 0 Å². The van der Waals surface area contributed by atoms with Crippen LogP contribution < -0.4 is 32.0 Å². The molecule has 20 nitrogen and oxygen atoms in total. The molecule has 20 heteroatoms. The van der Waals surface area contributed by atoms with E-state index in [0.717, 1.165) is 56.6 Å². The fourth-order valence-corrected chi connectivity index (χ4v) is 15.4. The number of carbonyl (C=O) groups excluding carboxylic acids is 4. The highest BCUT2D eigenvalue weighted by molar-refractivity contribution is 6.32. The van der Waals surface area contributed by atoms with Crippen LogP contribution in [0.2, 0.25) is 0 Å². The number of ketones is 2. The van der Waals surface area contributed by atoms with Crippen molar-refractivity contribution in [2.45, 2.75) is 157 Å². The van der Waals surface area contributed by atoms with Crippen LogP contribution in [0.15, 0.2) is 47.5 Å². The molecule has 3 saturated carbocycles.